The van der Waals surface area contributed by atoms with E-state index in [-0.39, 0.29) is 17.0 Å². The van der Waals surface area contributed by atoms with Gasteiger partial charge in [-0.2, -0.15) is 5.10 Å². The van der Waals surface area contributed by atoms with E-state index in [4.69, 9.17) is 4.74 Å². The Morgan fingerprint density at radius 1 is 1.12 bits per heavy atom. The van der Waals surface area contributed by atoms with Gasteiger partial charge in [0.2, 0.25) is 5.91 Å². The first-order valence-corrected chi connectivity index (χ1v) is 10.0. The highest BCUT2D eigenvalue weighted by atomic mass is 16.5. The van der Waals surface area contributed by atoms with Crippen molar-refractivity contribution >= 4 is 22.5 Å². The molecular weight excluding hydrogens is 404 g/mol. The maximum atomic E-state index is 12.6. The van der Waals surface area contributed by atoms with Gasteiger partial charge in [-0.05, 0) is 55.3 Å². The molecule has 0 fully saturated rings. The lowest BCUT2D eigenvalue weighted by molar-refractivity contribution is -0.111. The minimum Gasteiger partial charge on any atom is -0.456 e. The molecule has 0 saturated carbocycles. The second kappa shape index (κ2) is 8.47. The van der Waals surface area contributed by atoms with Crippen molar-refractivity contribution in [2.75, 3.05) is 5.32 Å². The lowest BCUT2D eigenvalue weighted by atomic mass is 10.0. The number of hydrogen-bond acceptors (Lipinski definition) is 5. The Balaban J connectivity index is 1.97. The Bertz CT molecular complexity index is 1400. The molecular formula is C25H22N4O3. The van der Waals surface area contributed by atoms with E-state index in [0.717, 1.165) is 22.4 Å². The zero-order valence-corrected chi connectivity index (χ0v) is 18.0. The monoisotopic (exact) mass is 426 g/mol. The van der Waals surface area contributed by atoms with Crippen molar-refractivity contribution in [3.05, 3.63) is 89.0 Å². The van der Waals surface area contributed by atoms with E-state index in [1.165, 1.54) is 10.6 Å². The number of benzene rings is 2. The molecule has 7 heteroatoms. The standard InChI is InChI=1S/C25H22N4O3/c1-5-22(30)27-17-9-10-21(32-24-15(2)7-6-8-16(24)3)19(13-17)20-14-29(4)25(31)23-18(20)11-12-26-28-23/h5-14H,1H2,2-4H3,(H,27,30). The van der Waals surface area contributed by atoms with Gasteiger partial charge in [0.25, 0.3) is 5.56 Å². The molecule has 7 nitrogen and oxygen atoms in total. The number of carbonyl (C=O) groups is 1. The summed E-state index contributed by atoms with van der Waals surface area (Å²) in [6, 6.07) is 13.1. The van der Waals surface area contributed by atoms with Crippen LogP contribution in [0.5, 0.6) is 11.5 Å². The Morgan fingerprint density at radius 3 is 2.59 bits per heavy atom. The largest absolute Gasteiger partial charge is 0.456 e. The number of rotatable bonds is 5. The van der Waals surface area contributed by atoms with Crippen LogP contribution in [0, 0.1) is 13.8 Å². The first-order chi connectivity index (χ1) is 15.4. The summed E-state index contributed by atoms with van der Waals surface area (Å²) in [7, 11) is 1.66. The molecule has 1 amide bonds. The number of fused-ring (bicyclic) bond motifs is 1. The number of amides is 1. The van der Waals surface area contributed by atoms with Gasteiger partial charge in [0.05, 0.1) is 6.20 Å². The van der Waals surface area contributed by atoms with Crippen LogP contribution in [-0.2, 0) is 11.8 Å². The zero-order valence-electron chi connectivity index (χ0n) is 18.0. The van der Waals surface area contributed by atoms with Crippen LogP contribution in [-0.4, -0.2) is 20.7 Å². The van der Waals surface area contributed by atoms with Crippen molar-refractivity contribution in [3.63, 3.8) is 0 Å². The third-order valence-corrected chi connectivity index (χ3v) is 5.20. The molecule has 0 aliphatic heterocycles. The summed E-state index contributed by atoms with van der Waals surface area (Å²) >= 11 is 0. The third kappa shape index (κ3) is 3.88. The molecule has 2 heterocycles. The highest BCUT2D eigenvalue weighted by Gasteiger charge is 2.17. The molecule has 32 heavy (non-hydrogen) atoms. The Kier molecular flexibility index (Phi) is 5.55. The number of aromatic nitrogens is 3. The van der Waals surface area contributed by atoms with Crippen LogP contribution < -0.4 is 15.6 Å². The number of carbonyl (C=O) groups excluding carboxylic acids is 1. The summed E-state index contributed by atoms with van der Waals surface area (Å²) in [5.41, 5.74) is 4.00. The average molecular weight is 426 g/mol. The Morgan fingerprint density at radius 2 is 1.88 bits per heavy atom. The Labute approximate surface area is 185 Å². The van der Waals surface area contributed by atoms with Crippen molar-refractivity contribution in [1.82, 2.24) is 14.8 Å². The van der Waals surface area contributed by atoms with Crippen LogP contribution >= 0.6 is 0 Å². The molecule has 2 aromatic heterocycles. The Hall–Kier alpha value is -4.26. The maximum Gasteiger partial charge on any atom is 0.278 e. The number of pyridine rings is 1. The molecule has 2 aromatic carbocycles. The fourth-order valence-corrected chi connectivity index (χ4v) is 3.58. The smallest absolute Gasteiger partial charge is 0.278 e. The maximum absolute atomic E-state index is 12.6. The first kappa shape index (κ1) is 21.0. The van der Waals surface area contributed by atoms with Crippen LogP contribution in [0.2, 0.25) is 0 Å². The molecule has 4 aromatic rings. The lowest BCUT2D eigenvalue weighted by Crippen LogP contribution is -2.18. The summed E-state index contributed by atoms with van der Waals surface area (Å²) < 4.78 is 7.84. The minimum atomic E-state index is -0.324. The number of anilines is 1. The molecule has 0 bridgehead atoms. The summed E-state index contributed by atoms with van der Waals surface area (Å²) in [5.74, 6) is 1.01. The number of hydrogen-bond donors (Lipinski definition) is 1. The van der Waals surface area contributed by atoms with Crippen molar-refractivity contribution in [2.24, 2.45) is 7.05 Å². The molecule has 160 valence electrons. The van der Waals surface area contributed by atoms with Crippen LogP contribution in [0.4, 0.5) is 5.69 Å². The fourth-order valence-electron chi connectivity index (χ4n) is 3.58. The number of nitrogens with zero attached hydrogens (tertiary/aromatic N) is 3. The topological polar surface area (TPSA) is 86.1 Å². The second-order valence-corrected chi connectivity index (χ2v) is 7.48. The highest BCUT2D eigenvalue weighted by Crippen LogP contribution is 2.39. The van der Waals surface area contributed by atoms with Gasteiger partial charge in [-0.1, -0.05) is 24.8 Å². The summed E-state index contributed by atoms with van der Waals surface area (Å²) in [5, 5.41) is 11.3. The molecule has 0 aliphatic carbocycles. The first-order valence-electron chi connectivity index (χ1n) is 10.0. The molecule has 0 atom stereocenters. The summed E-state index contributed by atoms with van der Waals surface area (Å²) in [6.07, 6.45) is 4.48. The fraction of sp³-hybridized carbons (Fsp3) is 0.120. The normalized spacial score (nSPS) is 10.7. The van der Waals surface area contributed by atoms with Crippen molar-refractivity contribution in [3.8, 4) is 22.6 Å². The molecule has 0 unspecified atom stereocenters. The van der Waals surface area contributed by atoms with E-state index in [1.54, 1.807) is 37.6 Å². The minimum absolute atomic E-state index is 0.245. The molecule has 0 saturated heterocycles. The van der Waals surface area contributed by atoms with E-state index in [2.05, 4.69) is 22.1 Å². The average Bonchev–Trinajstić information content (AvgIpc) is 2.79. The van der Waals surface area contributed by atoms with Crippen LogP contribution in [0.1, 0.15) is 11.1 Å². The van der Waals surface area contributed by atoms with Crippen LogP contribution in [0.3, 0.4) is 0 Å². The second-order valence-electron chi connectivity index (χ2n) is 7.48. The number of nitrogens with one attached hydrogen (secondary N) is 1. The van der Waals surface area contributed by atoms with Gasteiger partial charge in [0.15, 0.2) is 5.52 Å². The van der Waals surface area contributed by atoms with Crippen molar-refractivity contribution in [1.29, 1.82) is 0 Å². The summed E-state index contributed by atoms with van der Waals surface area (Å²) in [6.45, 7) is 7.47. The van der Waals surface area contributed by atoms with Gasteiger partial charge in [-0.25, -0.2) is 0 Å². The van der Waals surface area contributed by atoms with Gasteiger partial charge >= 0.3 is 0 Å². The number of aryl methyl sites for hydroxylation is 3. The molecule has 0 spiro atoms. The van der Waals surface area contributed by atoms with E-state index >= 15 is 0 Å². The van der Waals surface area contributed by atoms with Gasteiger partial charge < -0.3 is 14.6 Å². The predicted molar refractivity (Wildman–Crippen MR) is 125 cm³/mol. The van der Waals surface area contributed by atoms with Gasteiger partial charge in [0, 0.05) is 35.4 Å². The van der Waals surface area contributed by atoms with Crippen LogP contribution in [0.15, 0.2) is 72.3 Å². The van der Waals surface area contributed by atoms with Crippen molar-refractivity contribution in [2.45, 2.75) is 13.8 Å². The third-order valence-electron chi connectivity index (χ3n) is 5.20. The van der Waals surface area contributed by atoms with Crippen LogP contribution in [0.25, 0.3) is 22.0 Å². The lowest BCUT2D eigenvalue weighted by Gasteiger charge is -2.17. The van der Waals surface area contributed by atoms with E-state index < -0.39 is 0 Å². The molecule has 0 radical (unpaired) electrons. The number of para-hydroxylation sites is 1. The molecule has 4 rings (SSSR count). The number of ether oxygens (including phenoxy) is 1. The predicted octanol–water partition coefficient (Wildman–Crippen LogP) is 4.53. The van der Waals surface area contributed by atoms with Gasteiger partial charge in [-0.15, -0.1) is 5.10 Å². The highest BCUT2D eigenvalue weighted by molar-refractivity contribution is 6.01. The van der Waals surface area contributed by atoms with E-state index in [0.29, 0.717) is 22.4 Å². The van der Waals surface area contributed by atoms with Crippen molar-refractivity contribution < 1.29 is 9.53 Å². The van der Waals surface area contributed by atoms with E-state index in [9.17, 15) is 9.59 Å². The molecule has 1 N–H and O–H groups in total. The zero-order chi connectivity index (χ0) is 22.8. The SMILES string of the molecule is C=CC(=O)Nc1ccc(Oc2c(C)cccc2C)c(-c2cn(C)c(=O)c3nnccc23)c1. The van der Waals surface area contributed by atoms with E-state index in [1.807, 2.05) is 38.1 Å². The van der Waals surface area contributed by atoms with Gasteiger partial charge in [-0.3, -0.25) is 9.59 Å². The quantitative estimate of drug-likeness (QED) is 0.474. The molecule has 0 aliphatic rings. The summed E-state index contributed by atoms with van der Waals surface area (Å²) in [4.78, 5) is 24.5. The van der Waals surface area contributed by atoms with Gasteiger partial charge in [0.1, 0.15) is 11.5 Å².